The lowest BCUT2D eigenvalue weighted by molar-refractivity contribution is 0.213. The van der Waals surface area contributed by atoms with Gasteiger partial charge in [0.1, 0.15) is 11.9 Å². The summed E-state index contributed by atoms with van der Waals surface area (Å²) in [4.78, 5) is 0. The fraction of sp³-hybridized carbons (Fsp3) is 0.167. The molecule has 1 aromatic heterocycles. The van der Waals surface area contributed by atoms with Crippen molar-refractivity contribution in [3.8, 4) is 5.88 Å². The number of ether oxygens (including phenoxy) is 1. The van der Waals surface area contributed by atoms with Crippen molar-refractivity contribution in [3.05, 3.63) is 46.4 Å². The lowest BCUT2D eigenvalue weighted by Gasteiger charge is -2.14. The third-order valence-corrected chi connectivity index (χ3v) is 3.17. The lowest BCUT2D eigenvalue weighted by atomic mass is 9.78. The normalized spacial score (nSPS) is 12.1. The predicted octanol–water partition coefficient (Wildman–Crippen LogP) is 0.0392. The van der Waals surface area contributed by atoms with Crippen molar-refractivity contribution in [2.45, 2.75) is 6.10 Å². The van der Waals surface area contributed by atoms with E-state index in [4.69, 9.17) is 26.4 Å². The number of aliphatic hydroxyl groups is 1. The Hall–Kier alpha value is -1.74. The minimum Gasteiger partial charge on any atom is -0.480 e. The van der Waals surface area contributed by atoms with Crippen LogP contribution in [0.2, 0.25) is 5.02 Å². The Morgan fingerprint density at radius 3 is 2.52 bits per heavy atom. The maximum Gasteiger partial charge on any atom is 0.491 e. The Kier molecular flexibility index (Phi) is 4.74. The highest BCUT2D eigenvalue weighted by Crippen LogP contribution is 2.27. The number of rotatable bonds is 4. The van der Waals surface area contributed by atoms with Gasteiger partial charge in [-0.1, -0.05) is 17.7 Å². The Balaban J connectivity index is 2.41. The quantitative estimate of drug-likeness (QED) is 0.690. The summed E-state index contributed by atoms with van der Waals surface area (Å²) in [6.07, 6.45) is -1.30. The second-order valence-corrected chi connectivity index (χ2v) is 4.58. The molecule has 0 aliphatic carbocycles. The number of benzene rings is 1. The van der Waals surface area contributed by atoms with Gasteiger partial charge in [-0.15, -0.1) is 10.2 Å². The first-order valence-electron chi connectivity index (χ1n) is 5.84. The maximum atomic E-state index is 13.5. The van der Waals surface area contributed by atoms with Gasteiger partial charge in [-0.05, 0) is 12.1 Å². The second-order valence-electron chi connectivity index (χ2n) is 4.17. The van der Waals surface area contributed by atoms with E-state index in [1.165, 1.54) is 19.2 Å². The summed E-state index contributed by atoms with van der Waals surface area (Å²) in [5, 5.41) is 35.8. The number of halogens is 2. The summed E-state index contributed by atoms with van der Waals surface area (Å²) in [6, 6.07) is 4.92. The maximum absolute atomic E-state index is 13.5. The van der Waals surface area contributed by atoms with Crippen molar-refractivity contribution < 1.29 is 24.3 Å². The van der Waals surface area contributed by atoms with E-state index in [1.54, 1.807) is 0 Å². The van der Waals surface area contributed by atoms with Gasteiger partial charge in [0.05, 0.1) is 12.8 Å². The van der Waals surface area contributed by atoms with Gasteiger partial charge in [0.25, 0.3) is 0 Å². The van der Waals surface area contributed by atoms with Crippen LogP contribution in [0.15, 0.2) is 24.3 Å². The summed E-state index contributed by atoms with van der Waals surface area (Å²) >= 11 is 5.87. The number of aromatic nitrogens is 2. The Morgan fingerprint density at radius 2 is 2.00 bits per heavy atom. The fourth-order valence-electron chi connectivity index (χ4n) is 1.74. The van der Waals surface area contributed by atoms with E-state index < -0.39 is 24.5 Å². The highest BCUT2D eigenvalue weighted by Gasteiger charge is 2.23. The third-order valence-electron chi connectivity index (χ3n) is 2.84. The molecule has 1 atom stereocenters. The van der Waals surface area contributed by atoms with E-state index in [0.29, 0.717) is 0 Å². The molecule has 1 heterocycles. The van der Waals surface area contributed by atoms with E-state index in [1.807, 2.05) is 0 Å². The summed E-state index contributed by atoms with van der Waals surface area (Å²) in [5.74, 6) is -0.616. The number of hydrogen-bond donors (Lipinski definition) is 3. The number of methoxy groups -OCH3 is 1. The molecule has 21 heavy (non-hydrogen) atoms. The van der Waals surface area contributed by atoms with E-state index in [9.17, 15) is 9.50 Å². The predicted molar refractivity (Wildman–Crippen MR) is 73.9 cm³/mol. The molecule has 0 spiro atoms. The van der Waals surface area contributed by atoms with E-state index in [-0.39, 0.29) is 22.2 Å². The van der Waals surface area contributed by atoms with Crippen LogP contribution in [0.25, 0.3) is 0 Å². The van der Waals surface area contributed by atoms with Gasteiger partial charge >= 0.3 is 7.12 Å². The molecule has 6 nitrogen and oxygen atoms in total. The zero-order valence-corrected chi connectivity index (χ0v) is 11.6. The molecule has 9 heteroatoms. The molecule has 2 rings (SSSR count). The van der Waals surface area contributed by atoms with Gasteiger partial charge < -0.3 is 19.9 Å². The van der Waals surface area contributed by atoms with Gasteiger partial charge in [0, 0.05) is 22.1 Å². The molecule has 0 radical (unpaired) electrons. The number of nitrogens with zero attached hydrogens (tertiary/aromatic N) is 2. The zero-order chi connectivity index (χ0) is 15.6. The number of aliphatic hydroxyl groups excluding tert-OH is 1. The summed E-state index contributed by atoms with van der Waals surface area (Å²) in [5.41, 5.74) is -0.154. The lowest BCUT2D eigenvalue weighted by Crippen LogP contribution is -2.33. The van der Waals surface area contributed by atoms with Crippen LogP contribution in [0.4, 0.5) is 4.39 Å². The van der Waals surface area contributed by atoms with Gasteiger partial charge in [-0.3, -0.25) is 0 Å². The van der Waals surface area contributed by atoms with Crippen LogP contribution in [-0.4, -0.2) is 39.6 Å². The van der Waals surface area contributed by atoms with Crippen molar-refractivity contribution >= 4 is 24.2 Å². The first kappa shape index (κ1) is 15.6. The summed E-state index contributed by atoms with van der Waals surface area (Å²) in [6.45, 7) is 0. The van der Waals surface area contributed by atoms with Crippen molar-refractivity contribution in [1.29, 1.82) is 0 Å². The average molecular weight is 312 g/mol. The molecule has 1 aromatic carbocycles. The molecular weight excluding hydrogens is 301 g/mol. The second kappa shape index (κ2) is 6.36. The van der Waals surface area contributed by atoms with E-state index in [2.05, 4.69) is 10.2 Å². The van der Waals surface area contributed by atoms with Crippen LogP contribution in [0, 0.1) is 5.82 Å². The monoisotopic (exact) mass is 312 g/mol. The van der Waals surface area contributed by atoms with Crippen LogP contribution in [0.3, 0.4) is 0 Å². The molecule has 0 amide bonds. The van der Waals surface area contributed by atoms with Gasteiger partial charge in [0.2, 0.25) is 5.88 Å². The van der Waals surface area contributed by atoms with Crippen LogP contribution < -0.4 is 10.2 Å². The van der Waals surface area contributed by atoms with Crippen molar-refractivity contribution in [2.24, 2.45) is 0 Å². The molecule has 0 aliphatic rings. The topological polar surface area (TPSA) is 95.7 Å². The fourth-order valence-corrected chi connectivity index (χ4v) is 1.99. The van der Waals surface area contributed by atoms with E-state index in [0.717, 1.165) is 12.1 Å². The first-order valence-corrected chi connectivity index (χ1v) is 6.22. The average Bonchev–Trinajstić information content (AvgIpc) is 2.46. The van der Waals surface area contributed by atoms with E-state index >= 15 is 0 Å². The standard InChI is InChI=1S/C12H11BClFN2O4/c1-21-11-3-2-10(16-17-11)12(18)6-4-7(13(19)20)9(15)5-8(6)14/h2-5,12,18-20H,1H3/t12-/m0/s1. The molecule has 110 valence electrons. The molecule has 0 aliphatic heterocycles. The smallest absolute Gasteiger partial charge is 0.480 e. The van der Waals surface area contributed by atoms with Crippen molar-refractivity contribution in [1.82, 2.24) is 10.2 Å². The van der Waals surface area contributed by atoms with Gasteiger partial charge in [0.15, 0.2) is 0 Å². The first-order chi connectivity index (χ1) is 9.93. The molecule has 0 fully saturated rings. The molecule has 0 bridgehead atoms. The zero-order valence-electron chi connectivity index (χ0n) is 10.9. The van der Waals surface area contributed by atoms with Crippen molar-refractivity contribution in [3.63, 3.8) is 0 Å². The molecular formula is C12H11BClFN2O4. The summed E-state index contributed by atoms with van der Waals surface area (Å²) < 4.78 is 18.4. The Bertz CT molecular complexity index is 642. The van der Waals surface area contributed by atoms with Gasteiger partial charge in [-0.25, -0.2) is 4.39 Å². The third kappa shape index (κ3) is 3.30. The highest BCUT2D eigenvalue weighted by atomic mass is 35.5. The molecule has 3 N–H and O–H groups in total. The highest BCUT2D eigenvalue weighted by molar-refractivity contribution is 6.58. The largest absolute Gasteiger partial charge is 0.491 e. The molecule has 0 saturated carbocycles. The van der Waals surface area contributed by atoms with Gasteiger partial charge in [-0.2, -0.15) is 0 Å². The minimum absolute atomic E-state index is 0.0676. The van der Waals surface area contributed by atoms with Crippen LogP contribution in [-0.2, 0) is 0 Å². The molecule has 2 aromatic rings. The minimum atomic E-state index is -2.02. The molecule has 0 saturated heterocycles. The SMILES string of the molecule is COc1ccc([C@@H](O)c2cc(B(O)O)c(F)cc2Cl)nn1. The summed E-state index contributed by atoms with van der Waals surface area (Å²) in [7, 11) is -0.596. The molecule has 0 unspecified atom stereocenters. The van der Waals surface area contributed by atoms with Crippen LogP contribution >= 0.6 is 11.6 Å². The van der Waals surface area contributed by atoms with Crippen LogP contribution in [0.5, 0.6) is 5.88 Å². The number of hydrogen-bond acceptors (Lipinski definition) is 6. The Labute approximate surface area is 124 Å². The van der Waals surface area contributed by atoms with Crippen molar-refractivity contribution in [2.75, 3.05) is 7.11 Å². The van der Waals surface area contributed by atoms with Crippen LogP contribution in [0.1, 0.15) is 17.4 Å². The Morgan fingerprint density at radius 1 is 1.29 bits per heavy atom.